The van der Waals surface area contributed by atoms with Crippen LogP contribution >= 0.6 is 0 Å². The molecule has 1 saturated heterocycles. The van der Waals surface area contributed by atoms with Crippen molar-refractivity contribution in [3.63, 3.8) is 0 Å². The van der Waals surface area contributed by atoms with Gasteiger partial charge in [0.25, 0.3) is 0 Å². The molecule has 1 fully saturated rings. The van der Waals surface area contributed by atoms with Crippen LogP contribution in [0.5, 0.6) is 5.75 Å². The second kappa shape index (κ2) is 11.9. The number of piperazine rings is 1. The van der Waals surface area contributed by atoms with Gasteiger partial charge in [0.05, 0.1) is 25.6 Å². The number of ketones is 1. The molecule has 222 valence electrons. The summed E-state index contributed by atoms with van der Waals surface area (Å²) in [6.07, 6.45) is 7.08. The summed E-state index contributed by atoms with van der Waals surface area (Å²) in [5.74, 6) is 0.473. The summed E-state index contributed by atoms with van der Waals surface area (Å²) in [6.45, 7) is 8.02. The van der Waals surface area contributed by atoms with E-state index in [1.807, 2.05) is 42.5 Å². The number of nitrogens with zero attached hydrogens (tertiary/aromatic N) is 4. The molecule has 1 aliphatic carbocycles. The van der Waals surface area contributed by atoms with Gasteiger partial charge in [-0.1, -0.05) is 18.2 Å². The van der Waals surface area contributed by atoms with Crippen LogP contribution in [0.2, 0.25) is 0 Å². The van der Waals surface area contributed by atoms with Crippen molar-refractivity contribution in [2.75, 3.05) is 46.9 Å². The molecular formula is C34H36N4O5. The van der Waals surface area contributed by atoms with E-state index in [2.05, 4.69) is 34.4 Å². The molecule has 9 nitrogen and oxygen atoms in total. The van der Waals surface area contributed by atoms with E-state index in [4.69, 9.17) is 9.15 Å². The van der Waals surface area contributed by atoms with Crippen LogP contribution in [0.15, 0.2) is 82.6 Å². The highest BCUT2D eigenvalue weighted by Gasteiger charge is 2.27. The first-order chi connectivity index (χ1) is 20.8. The number of ether oxygens (including phenoxy) is 1. The van der Waals surface area contributed by atoms with Crippen LogP contribution in [-0.4, -0.2) is 83.1 Å². The molecule has 1 aliphatic heterocycles. The predicted octanol–water partition coefficient (Wildman–Crippen LogP) is 5.54. The first-order valence-electron chi connectivity index (χ1n) is 14.5. The minimum absolute atomic E-state index is 0.0653. The number of likely N-dealkylation sites (N-methyl/N-ethyl adjacent to an activating group) is 1. The van der Waals surface area contributed by atoms with Crippen LogP contribution in [0.25, 0.3) is 27.9 Å². The molecule has 0 radical (unpaired) electrons. The summed E-state index contributed by atoms with van der Waals surface area (Å²) in [4.78, 5) is 32.1. The molecule has 3 heterocycles. The van der Waals surface area contributed by atoms with Crippen LogP contribution in [0.3, 0.4) is 0 Å². The summed E-state index contributed by atoms with van der Waals surface area (Å²) < 4.78 is 13.4. The summed E-state index contributed by atoms with van der Waals surface area (Å²) >= 11 is 0. The van der Waals surface area contributed by atoms with Crippen molar-refractivity contribution in [3.05, 3.63) is 95.0 Å². The summed E-state index contributed by atoms with van der Waals surface area (Å²) in [5.41, 5.74) is 5.03. The maximum atomic E-state index is 13.4. The Morgan fingerprint density at radius 3 is 2.67 bits per heavy atom. The van der Waals surface area contributed by atoms with E-state index in [9.17, 15) is 14.7 Å². The van der Waals surface area contributed by atoms with Crippen LogP contribution in [0, 0.1) is 6.92 Å². The fraction of sp³-hybridized carbons (Fsp3) is 0.294. The van der Waals surface area contributed by atoms with Crippen molar-refractivity contribution >= 4 is 39.8 Å². The van der Waals surface area contributed by atoms with Crippen LogP contribution < -0.4 is 4.74 Å². The predicted molar refractivity (Wildman–Crippen MR) is 167 cm³/mol. The van der Waals surface area contributed by atoms with E-state index in [0.29, 0.717) is 16.9 Å². The third-order valence-corrected chi connectivity index (χ3v) is 8.53. The van der Waals surface area contributed by atoms with E-state index < -0.39 is 6.09 Å². The van der Waals surface area contributed by atoms with E-state index in [1.54, 1.807) is 25.5 Å². The second-order valence-electron chi connectivity index (χ2n) is 11.2. The lowest BCUT2D eigenvalue weighted by Crippen LogP contribution is -2.45. The number of methoxy groups -OCH3 is 1. The fourth-order valence-corrected chi connectivity index (χ4v) is 5.99. The van der Waals surface area contributed by atoms with Crippen LogP contribution in [-0.2, 0) is 17.9 Å². The molecule has 0 unspecified atom stereocenters. The Balaban J connectivity index is 1.38. The maximum absolute atomic E-state index is 13.4. The highest BCUT2D eigenvalue weighted by molar-refractivity contribution is 6.13. The Labute approximate surface area is 250 Å². The van der Waals surface area contributed by atoms with Crippen molar-refractivity contribution in [1.82, 2.24) is 19.3 Å². The van der Waals surface area contributed by atoms with Crippen molar-refractivity contribution in [2.24, 2.45) is 0 Å². The number of carboxylic acid groups (broad SMARTS) is 1. The first-order valence-corrected chi connectivity index (χ1v) is 14.5. The lowest BCUT2D eigenvalue weighted by molar-refractivity contribution is -0.111. The summed E-state index contributed by atoms with van der Waals surface area (Å²) in [5, 5.41) is 12.2. The zero-order chi connectivity index (χ0) is 30.1. The zero-order valence-corrected chi connectivity index (χ0v) is 24.7. The standard InChI is InChI=1S/C34H36N4O5/c1-23-27(28-20-26(42-3)9-10-31(28)37(23)17-16-36-14-12-35(2)13-15-36)21-29-30(5-4-6-32(29)39)38(34(40)41)22-24-7-8-25-11-18-43-33(25)19-24/h4-11,18-21H,12-17,22H2,1-3H3,(H,40,41). The molecule has 6 rings (SSSR count). The molecule has 1 N–H and O–H groups in total. The molecule has 43 heavy (non-hydrogen) atoms. The molecule has 1 amide bonds. The molecule has 2 aromatic heterocycles. The number of furan rings is 1. The number of benzene rings is 2. The summed E-state index contributed by atoms with van der Waals surface area (Å²) in [6, 6.07) is 13.5. The van der Waals surface area contributed by atoms with Crippen molar-refractivity contribution in [1.29, 1.82) is 0 Å². The van der Waals surface area contributed by atoms with Crippen LogP contribution in [0.1, 0.15) is 16.8 Å². The number of carbonyl (C=O) groups excluding carboxylic acids is 1. The third-order valence-electron chi connectivity index (χ3n) is 8.53. The molecule has 2 aliphatic rings. The Bertz CT molecular complexity index is 1780. The average Bonchev–Trinajstić information content (AvgIpc) is 3.58. The molecular weight excluding hydrogens is 544 g/mol. The van der Waals surface area contributed by atoms with Gasteiger partial charge >= 0.3 is 6.09 Å². The van der Waals surface area contributed by atoms with Gasteiger partial charge in [-0.05, 0) is 68.1 Å². The Hall–Kier alpha value is -4.60. The van der Waals surface area contributed by atoms with Gasteiger partial charge in [0, 0.05) is 72.4 Å². The quantitative estimate of drug-likeness (QED) is 0.274. The van der Waals surface area contributed by atoms with Crippen molar-refractivity contribution < 1.29 is 23.8 Å². The van der Waals surface area contributed by atoms with Crippen molar-refractivity contribution in [3.8, 4) is 5.75 Å². The largest absolute Gasteiger partial charge is 0.497 e. The average molecular weight is 581 g/mol. The third kappa shape index (κ3) is 5.74. The fourth-order valence-electron chi connectivity index (χ4n) is 5.99. The Morgan fingerprint density at radius 1 is 1.09 bits per heavy atom. The lowest BCUT2D eigenvalue weighted by atomic mass is 9.97. The smallest absolute Gasteiger partial charge is 0.412 e. The van der Waals surface area contributed by atoms with Gasteiger partial charge in [-0.15, -0.1) is 0 Å². The molecule has 0 saturated carbocycles. The van der Waals surface area contributed by atoms with Gasteiger partial charge in [0.2, 0.25) is 0 Å². The van der Waals surface area contributed by atoms with Gasteiger partial charge < -0.3 is 23.7 Å². The lowest BCUT2D eigenvalue weighted by Gasteiger charge is -2.32. The second-order valence-corrected chi connectivity index (χ2v) is 11.2. The van der Waals surface area contributed by atoms with E-state index in [0.717, 1.165) is 78.1 Å². The van der Waals surface area contributed by atoms with Gasteiger partial charge in [-0.2, -0.15) is 0 Å². The minimum atomic E-state index is -1.15. The molecule has 4 aromatic rings. The monoisotopic (exact) mass is 580 g/mol. The Morgan fingerprint density at radius 2 is 1.91 bits per heavy atom. The van der Waals surface area contributed by atoms with E-state index in [-0.39, 0.29) is 12.3 Å². The number of hydrogen-bond acceptors (Lipinski definition) is 6. The van der Waals surface area contributed by atoms with Gasteiger partial charge in [0.1, 0.15) is 11.3 Å². The number of amides is 1. The topological polar surface area (TPSA) is 91.4 Å². The number of aromatic nitrogens is 1. The van der Waals surface area contributed by atoms with Gasteiger partial charge in [0.15, 0.2) is 5.78 Å². The van der Waals surface area contributed by atoms with Gasteiger partial charge in [-0.3, -0.25) is 14.6 Å². The minimum Gasteiger partial charge on any atom is -0.497 e. The number of allylic oxidation sites excluding steroid dienone is 4. The number of hydrogen-bond donors (Lipinski definition) is 1. The molecule has 0 bridgehead atoms. The number of fused-ring (bicyclic) bond motifs is 2. The number of rotatable bonds is 8. The van der Waals surface area contributed by atoms with E-state index >= 15 is 0 Å². The first kappa shape index (κ1) is 28.5. The number of carbonyl (C=O) groups is 2. The summed E-state index contributed by atoms with van der Waals surface area (Å²) in [7, 11) is 3.79. The van der Waals surface area contributed by atoms with E-state index in [1.165, 1.54) is 11.0 Å². The highest BCUT2D eigenvalue weighted by Crippen LogP contribution is 2.34. The molecule has 2 aromatic carbocycles. The van der Waals surface area contributed by atoms with Gasteiger partial charge in [-0.25, -0.2) is 4.79 Å². The van der Waals surface area contributed by atoms with Crippen LogP contribution in [0.4, 0.5) is 4.79 Å². The zero-order valence-electron chi connectivity index (χ0n) is 24.7. The van der Waals surface area contributed by atoms with Crippen molar-refractivity contribution in [2.45, 2.75) is 20.0 Å². The normalized spacial score (nSPS) is 17.2. The maximum Gasteiger partial charge on any atom is 0.412 e. The SMILES string of the molecule is COc1ccc2c(c1)c(C=C1C(=O)C=CC=C1N(Cc1ccc3ccoc3c1)C(=O)O)c(C)n2CCN1CCN(C)CC1. The molecule has 0 atom stereocenters. The molecule has 9 heteroatoms. The molecule has 0 spiro atoms. The Kier molecular flexibility index (Phi) is 7.92. The highest BCUT2D eigenvalue weighted by atomic mass is 16.5.